The summed E-state index contributed by atoms with van der Waals surface area (Å²) in [5.74, 6) is -1.65. The van der Waals surface area contributed by atoms with Gasteiger partial charge in [-0.15, -0.1) is 11.3 Å². The van der Waals surface area contributed by atoms with Crippen LogP contribution in [0, 0.1) is 18.3 Å². The molecule has 0 bridgehead atoms. The fourth-order valence-corrected chi connectivity index (χ4v) is 5.89. The number of nitrogens with zero attached hydrogens (tertiary/aromatic N) is 2. The minimum Gasteiger partial charge on any atom is -0.462 e. The van der Waals surface area contributed by atoms with Crippen molar-refractivity contribution in [3.63, 3.8) is 0 Å². The minimum absolute atomic E-state index is 0.0508. The molecule has 0 fully saturated rings. The Morgan fingerprint density at radius 1 is 1.02 bits per heavy atom. The predicted molar refractivity (Wildman–Crippen MR) is 158 cm³/mol. The van der Waals surface area contributed by atoms with E-state index in [9.17, 15) is 19.6 Å². The third-order valence-corrected chi connectivity index (χ3v) is 8.09. The lowest BCUT2D eigenvalue weighted by molar-refractivity contribution is -0.114. The molecule has 9 heteroatoms. The van der Waals surface area contributed by atoms with Gasteiger partial charge in [0.15, 0.2) is 5.78 Å². The number of aromatic nitrogens is 1. The van der Waals surface area contributed by atoms with E-state index in [4.69, 9.17) is 9.47 Å². The fraction of sp³-hybridized carbons (Fsp3) is 0.226. The van der Waals surface area contributed by atoms with Crippen LogP contribution in [-0.2, 0) is 27.2 Å². The number of benzene rings is 2. The quantitative estimate of drug-likeness (QED) is 0.109. The van der Waals surface area contributed by atoms with E-state index >= 15 is 0 Å². The molecule has 2 aromatic heterocycles. The van der Waals surface area contributed by atoms with Crippen molar-refractivity contribution < 1.29 is 23.9 Å². The molecule has 0 spiro atoms. The number of esters is 2. The van der Waals surface area contributed by atoms with Crippen LogP contribution in [0.2, 0.25) is 0 Å². The van der Waals surface area contributed by atoms with Gasteiger partial charge in [-0.1, -0.05) is 46.3 Å². The average molecular weight is 620 g/mol. The van der Waals surface area contributed by atoms with Crippen LogP contribution in [0.25, 0.3) is 17.0 Å². The van der Waals surface area contributed by atoms with Crippen LogP contribution in [0.1, 0.15) is 55.4 Å². The number of rotatable bonds is 10. The summed E-state index contributed by atoms with van der Waals surface area (Å²) in [7, 11) is 0. The van der Waals surface area contributed by atoms with Gasteiger partial charge in [-0.05, 0) is 56.2 Å². The van der Waals surface area contributed by atoms with Crippen molar-refractivity contribution in [2.45, 2.75) is 33.7 Å². The Morgan fingerprint density at radius 3 is 2.38 bits per heavy atom. The second-order valence-corrected chi connectivity index (χ2v) is 10.9. The third-order valence-electron chi connectivity index (χ3n) is 6.29. The molecule has 4 rings (SSSR count). The van der Waals surface area contributed by atoms with Gasteiger partial charge in [-0.2, -0.15) is 5.26 Å². The average Bonchev–Trinajstić information content (AvgIpc) is 3.45. The molecule has 2 aromatic carbocycles. The van der Waals surface area contributed by atoms with Gasteiger partial charge in [0.05, 0.1) is 24.4 Å². The molecule has 40 heavy (non-hydrogen) atoms. The number of ketones is 1. The third kappa shape index (κ3) is 6.24. The van der Waals surface area contributed by atoms with Crippen LogP contribution in [0.15, 0.2) is 64.8 Å². The molecule has 0 unspecified atom stereocenters. The van der Waals surface area contributed by atoms with Crippen molar-refractivity contribution in [2.75, 3.05) is 13.2 Å². The number of carbonyl (C=O) groups excluding carboxylic acids is 3. The summed E-state index contributed by atoms with van der Waals surface area (Å²) in [5.41, 5.74) is 3.34. The molecule has 0 radical (unpaired) electrons. The zero-order chi connectivity index (χ0) is 28.8. The highest BCUT2D eigenvalue weighted by atomic mass is 79.9. The number of hydrogen-bond donors (Lipinski definition) is 0. The number of nitriles is 1. The zero-order valence-electron chi connectivity index (χ0n) is 22.3. The van der Waals surface area contributed by atoms with E-state index in [0.717, 1.165) is 37.8 Å². The van der Waals surface area contributed by atoms with E-state index in [1.165, 1.54) is 0 Å². The van der Waals surface area contributed by atoms with Gasteiger partial charge in [0.25, 0.3) is 0 Å². The highest BCUT2D eigenvalue weighted by molar-refractivity contribution is 9.10. The molecule has 0 saturated carbocycles. The molecule has 7 nitrogen and oxygen atoms in total. The Kier molecular flexibility index (Phi) is 9.35. The van der Waals surface area contributed by atoms with E-state index < -0.39 is 17.7 Å². The molecule has 0 aliphatic carbocycles. The first kappa shape index (κ1) is 29.0. The van der Waals surface area contributed by atoms with Gasteiger partial charge in [0.1, 0.15) is 10.9 Å². The summed E-state index contributed by atoms with van der Waals surface area (Å²) in [5, 5.41) is 10.9. The van der Waals surface area contributed by atoms with Crippen molar-refractivity contribution in [1.29, 1.82) is 5.26 Å². The van der Waals surface area contributed by atoms with Gasteiger partial charge >= 0.3 is 11.9 Å². The van der Waals surface area contributed by atoms with Crippen LogP contribution >= 0.6 is 27.3 Å². The number of ether oxygens (including phenoxy) is 2. The standard InChI is InChI=1S/C31H27BrN2O5S/c1-4-38-30(36)28-19(3)29(31(37)39-5-2)40-27(28)15-26(35)21(16-33)14-22-18-34(25-9-7-6-8-24(22)25)17-20-10-12-23(32)13-11-20/h6-14,18H,4-5,15,17H2,1-3H3/b21-14+. The molecule has 204 valence electrons. The lowest BCUT2D eigenvalue weighted by Gasteiger charge is -2.05. The smallest absolute Gasteiger partial charge is 0.348 e. The summed E-state index contributed by atoms with van der Waals surface area (Å²) in [6.07, 6.45) is 3.28. The lowest BCUT2D eigenvalue weighted by atomic mass is 10.0. The van der Waals surface area contributed by atoms with Crippen LogP contribution in [0.5, 0.6) is 0 Å². The first-order valence-corrected chi connectivity index (χ1v) is 14.3. The topological polar surface area (TPSA) is 98.4 Å². The zero-order valence-corrected chi connectivity index (χ0v) is 24.7. The van der Waals surface area contributed by atoms with Crippen molar-refractivity contribution in [1.82, 2.24) is 4.57 Å². The normalized spacial score (nSPS) is 11.3. The Morgan fingerprint density at radius 2 is 1.70 bits per heavy atom. The maximum Gasteiger partial charge on any atom is 0.348 e. The van der Waals surface area contributed by atoms with Gasteiger partial charge in [-0.25, -0.2) is 9.59 Å². The summed E-state index contributed by atoms with van der Waals surface area (Å²) < 4.78 is 13.4. The molecular weight excluding hydrogens is 592 g/mol. The maximum absolute atomic E-state index is 13.4. The number of thiophene rings is 1. The van der Waals surface area contributed by atoms with Gasteiger partial charge in [-0.3, -0.25) is 4.79 Å². The largest absolute Gasteiger partial charge is 0.462 e. The van der Waals surface area contributed by atoms with Gasteiger partial charge in [0, 0.05) is 45.0 Å². The molecule has 4 aromatic rings. The van der Waals surface area contributed by atoms with E-state index in [1.54, 1.807) is 26.8 Å². The van der Waals surface area contributed by atoms with Crippen molar-refractivity contribution >= 4 is 62.0 Å². The Hall–Kier alpha value is -4.00. The number of halogens is 1. The maximum atomic E-state index is 13.4. The molecule has 0 aliphatic rings. The lowest BCUT2D eigenvalue weighted by Crippen LogP contribution is -2.12. The van der Waals surface area contributed by atoms with E-state index in [1.807, 2.05) is 60.8 Å². The predicted octanol–water partition coefficient (Wildman–Crippen LogP) is 6.89. The molecule has 0 aliphatic heterocycles. The Bertz CT molecular complexity index is 1660. The number of Topliss-reactive ketones (excluding diaryl/α,β-unsaturated/α-hetero) is 1. The highest BCUT2D eigenvalue weighted by Crippen LogP contribution is 2.31. The number of fused-ring (bicyclic) bond motifs is 1. The summed E-state index contributed by atoms with van der Waals surface area (Å²) in [6, 6.07) is 17.9. The summed E-state index contributed by atoms with van der Waals surface area (Å²) in [6.45, 7) is 5.94. The minimum atomic E-state index is -0.618. The Labute approximate surface area is 244 Å². The molecule has 0 atom stereocenters. The number of hydrogen-bond acceptors (Lipinski definition) is 7. The molecule has 0 amide bonds. The number of carbonyl (C=O) groups is 3. The molecule has 0 N–H and O–H groups in total. The van der Waals surface area contributed by atoms with Gasteiger partial charge < -0.3 is 14.0 Å². The van der Waals surface area contributed by atoms with Crippen LogP contribution < -0.4 is 0 Å². The van der Waals surface area contributed by atoms with Gasteiger partial charge in [0.2, 0.25) is 0 Å². The first-order chi connectivity index (χ1) is 19.3. The van der Waals surface area contributed by atoms with E-state index in [2.05, 4.69) is 20.5 Å². The second kappa shape index (κ2) is 12.9. The van der Waals surface area contributed by atoms with Crippen molar-refractivity contribution in [2.24, 2.45) is 0 Å². The highest BCUT2D eigenvalue weighted by Gasteiger charge is 2.28. The van der Waals surface area contributed by atoms with Crippen LogP contribution in [0.3, 0.4) is 0 Å². The first-order valence-electron chi connectivity index (χ1n) is 12.7. The number of para-hydroxylation sites is 1. The summed E-state index contributed by atoms with van der Waals surface area (Å²) >= 11 is 4.48. The van der Waals surface area contributed by atoms with E-state index in [0.29, 0.717) is 17.0 Å². The van der Waals surface area contributed by atoms with Crippen LogP contribution in [-0.4, -0.2) is 35.5 Å². The molecular formula is C31H27BrN2O5S. The van der Waals surface area contributed by atoms with Crippen molar-refractivity contribution in [3.8, 4) is 6.07 Å². The second-order valence-electron chi connectivity index (χ2n) is 8.92. The van der Waals surface area contributed by atoms with Crippen LogP contribution in [0.4, 0.5) is 0 Å². The fourth-order valence-electron chi connectivity index (χ4n) is 4.44. The molecule has 0 saturated heterocycles. The van der Waals surface area contributed by atoms with E-state index in [-0.39, 0.29) is 35.6 Å². The SMILES string of the molecule is CCOC(=O)c1sc(CC(=O)/C(C#N)=C/c2cn(Cc3ccc(Br)cc3)c3ccccc23)c(C(=O)OCC)c1C. The summed E-state index contributed by atoms with van der Waals surface area (Å²) in [4.78, 5) is 39.2. The molecule has 2 heterocycles. The Balaban J connectivity index is 1.69. The number of allylic oxidation sites excluding steroid dienone is 1. The monoisotopic (exact) mass is 618 g/mol. The van der Waals surface area contributed by atoms with Crippen molar-refractivity contribution in [3.05, 3.63) is 96.8 Å².